The van der Waals surface area contributed by atoms with Crippen LogP contribution in [0.5, 0.6) is 0 Å². The van der Waals surface area contributed by atoms with Crippen LogP contribution < -0.4 is 10.6 Å². The summed E-state index contributed by atoms with van der Waals surface area (Å²) in [5.74, 6) is 1.79. The van der Waals surface area contributed by atoms with Crippen LogP contribution in [-0.2, 0) is 16.8 Å². The van der Waals surface area contributed by atoms with Crippen molar-refractivity contribution in [2.75, 3.05) is 13.1 Å². The molecule has 2 rings (SSSR count). The van der Waals surface area contributed by atoms with E-state index in [2.05, 4.69) is 20.8 Å². The van der Waals surface area contributed by atoms with Crippen molar-refractivity contribution in [3.05, 3.63) is 11.7 Å². The smallest absolute Gasteiger partial charge is 0.226 e. The van der Waals surface area contributed by atoms with E-state index in [0.29, 0.717) is 17.6 Å². The first-order valence-electron chi connectivity index (χ1n) is 6.80. The van der Waals surface area contributed by atoms with Crippen molar-refractivity contribution in [1.82, 2.24) is 20.8 Å². The average Bonchev–Trinajstić information content (AvgIpc) is 2.96. The number of nitrogens with zero attached hydrogens (tertiary/aromatic N) is 2. The molecule has 6 nitrogen and oxygen atoms in total. The molecule has 19 heavy (non-hydrogen) atoms. The molecule has 0 radical (unpaired) electrons. The molecule has 1 aromatic heterocycles. The molecule has 0 aromatic carbocycles. The predicted molar refractivity (Wildman–Crippen MR) is 70.4 cm³/mol. The first-order valence-corrected chi connectivity index (χ1v) is 6.80. The van der Waals surface area contributed by atoms with Crippen molar-refractivity contribution in [2.45, 2.75) is 45.6 Å². The normalized spacial score (nSPS) is 19.6. The lowest BCUT2D eigenvalue weighted by Crippen LogP contribution is -2.40. The molecule has 0 spiro atoms. The van der Waals surface area contributed by atoms with Crippen molar-refractivity contribution in [3.8, 4) is 0 Å². The maximum absolute atomic E-state index is 11.1. The number of aromatic nitrogens is 2. The van der Waals surface area contributed by atoms with E-state index >= 15 is 0 Å². The third-order valence-electron chi connectivity index (χ3n) is 3.44. The van der Waals surface area contributed by atoms with E-state index in [1.54, 1.807) is 0 Å². The van der Waals surface area contributed by atoms with Crippen molar-refractivity contribution in [1.29, 1.82) is 0 Å². The van der Waals surface area contributed by atoms with Crippen LogP contribution >= 0.6 is 0 Å². The Morgan fingerprint density at radius 3 is 3.00 bits per heavy atom. The fourth-order valence-corrected chi connectivity index (χ4v) is 2.39. The number of amides is 1. The zero-order chi connectivity index (χ0) is 13.9. The van der Waals surface area contributed by atoms with Gasteiger partial charge in [0.15, 0.2) is 5.82 Å². The van der Waals surface area contributed by atoms with Crippen molar-refractivity contribution in [2.24, 2.45) is 5.92 Å². The van der Waals surface area contributed by atoms with Gasteiger partial charge in [-0.15, -0.1) is 0 Å². The van der Waals surface area contributed by atoms with Crippen LogP contribution in [0.4, 0.5) is 0 Å². The van der Waals surface area contributed by atoms with Gasteiger partial charge in [-0.05, 0) is 45.7 Å². The Morgan fingerprint density at radius 2 is 2.37 bits per heavy atom. The van der Waals surface area contributed by atoms with Crippen molar-refractivity contribution < 1.29 is 9.32 Å². The molecule has 1 aromatic rings. The van der Waals surface area contributed by atoms with Crippen LogP contribution in [0.15, 0.2) is 4.52 Å². The number of aryl methyl sites for hydroxylation is 1. The second kappa shape index (κ2) is 5.69. The lowest BCUT2D eigenvalue weighted by molar-refractivity contribution is -0.120. The fourth-order valence-electron chi connectivity index (χ4n) is 2.39. The van der Waals surface area contributed by atoms with Gasteiger partial charge in [0.25, 0.3) is 0 Å². The van der Waals surface area contributed by atoms with E-state index < -0.39 is 5.54 Å². The number of nitrogens with one attached hydrogen (secondary N) is 2. The molecule has 0 aliphatic carbocycles. The molecule has 1 atom stereocenters. The molecule has 1 aliphatic heterocycles. The van der Waals surface area contributed by atoms with Crippen LogP contribution in [0, 0.1) is 5.92 Å². The summed E-state index contributed by atoms with van der Waals surface area (Å²) in [6, 6.07) is 0. The summed E-state index contributed by atoms with van der Waals surface area (Å²) in [5.41, 5.74) is -0.595. The summed E-state index contributed by atoms with van der Waals surface area (Å²) in [6.45, 7) is 7.40. The Bertz CT molecular complexity index is 436. The molecule has 106 valence electrons. The molecule has 2 N–H and O–H groups in total. The maximum atomic E-state index is 11.1. The lowest BCUT2D eigenvalue weighted by Gasteiger charge is -2.20. The van der Waals surface area contributed by atoms with Crippen LogP contribution in [-0.4, -0.2) is 29.1 Å². The van der Waals surface area contributed by atoms with Crippen molar-refractivity contribution in [3.63, 3.8) is 0 Å². The van der Waals surface area contributed by atoms with Crippen molar-refractivity contribution >= 4 is 5.91 Å². The largest absolute Gasteiger partial charge is 0.344 e. The Balaban J connectivity index is 1.92. The second-order valence-electron chi connectivity index (χ2n) is 5.72. The minimum atomic E-state index is -0.595. The third-order valence-corrected chi connectivity index (χ3v) is 3.44. The zero-order valence-electron chi connectivity index (χ0n) is 11.8. The van der Waals surface area contributed by atoms with E-state index in [1.807, 2.05) is 13.8 Å². The van der Waals surface area contributed by atoms with Crippen LogP contribution in [0.3, 0.4) is 0 Å². The van der Waals surface area contributed by atoms with Crippen LogP contribution in [0.1, 0.15) is 45.3 Å². The van der Waals surface area contributed by atoms with Gasteiger partial charge in [-0.25, -0.2) is 0 Å². The second-order valence-corrected chi connectivity index (χ2v) is 5.72. The fraction of sp³-hybridized carbons (Fsp3) is 0.769. The average molecular weight is 266 g/mol. The topological polar surface area (TPSA) is 80.0 Å². The Morgan fingerprint density at radius 1 is 1.58 bits per heavy atom. The number of carbonyl (C=O) groups is 1. The van der Waals surface area contributed by atoms with E-state index in [1.165, 1.54) is 13.3 Å². The highest BCUT2D eigenvalue weighted by Gasteiger charge is 2.27. The quantitative estimate of drug-likeness (QED) is 0.830. The van der Waals surface area contributed by atoms with Crippen LogP contribution in [0.25, 0.3) is 0 Å². The molecule has 2 heterocycles. The Hall–Kier alpha value is -1.43. The minimum Gasteiger partial charge on any atom is -0.344 e. The third kappa shape index (κ3) is 3.76. The van der Waals surface area contributed by atoms with Gasteiger partial charge in [0.2, 0.25) is 11.8 Å². The summed E-state index contributed by atoms with van der Waals surface area (Å²) < 4.78 is 5.26. The van der Waals surface area contributed by atoms with Gasteiger partial charge in [0.05, 0.1) is 5.54 Å². The van der Waals surface area contributed by atoms with Gasteiger partial charge < -0.3 is 15.2 Å². The molecule has 1 unspecified atom stereocenters. The first kappa shape index (κ1) is 14.0. The lowest BCUT2D eigenvalue weighted by atomic mass is 10.0. The SMILES string of the molecule is CC(=O)NC(C)(C)c1noc(CCC2CCNC2)n1. The first-order chi connectivity index (χ1) is 8.97. The maximum Gasteiger partial charge on any atom is 0.226 e. The molecular formula is C13H22N4O2. The molecule has 1 fully saturated rings. The number of hydrogen-bond donors (Lipinski definition) is 2. The molecular weight excluding hydrogens is 244 g/mol. The summed E-state index contributed by atoms with van der Waals surface area (Å²) in [4.78, 5) is 15.5. The number of hydrogen-bond acceptors (Lipinski definition) is 5. The summed E-state index contributed by atoms with van der Waals surface area (Å²) >= 11 is 0. The van der Waals surface area contributed by atoms with E-state index in [9.17, 15) is 4.79 Å². The van der Waals surface area contributed by atoms with Gasteiger partial charge >= 0.3 is 0 Å². The molecule has 0 saturated carbocycles. The highest BCUT2D eigenvalue weighted by atomic mass is 16.5. The zero-order valence-corrected chi connectivity index (χ0v) is 11.8. The highest BCUT2D eigenvalue weighted by molar-refractivity contribution is 5.73. The number of rotatable bonds is 5. The summed E-state index contributed by atoms with van der Waals surface area (Å²) in [6.07, 6.45) is 3.09. The molecule has 1 aliphatic rings. The van der Waals surface area contributed by atoms with Gasteiger partial charge in [-0.3, -0.25) is 4.79 Å². The molecule has 1 amide bonds. The molecule has 6 heteroatoms. The van der Waals surface area contributed by atoms with E-state index in [0.717, 1.165) is 25.9 Å². The predicted octanol–water partition coefficient (Wildman–Crippen LogP) is 0.983. The number of carbonyl (C=O) groups excluding carboxylic acids is 1. The standard InChI is InChI=1S/C13H22N4O2/c1-9(18)16-13(2,3)12-15-11(19-17-12)5-4-10-6-7-14-8-10/h10,14H,4-8H2,1-3H3,(H,16,18). The summed E-state index contributed by atoms with van der Waals surface area (Å²) in [7, 11) is 0. The summed E-state index contributed by atoms with van der Waals surface area (Å²) in [5, 5.41) is 10.1. The van der Waals surface area contributed by atoms with Crippen LogP contribution in [0.2, 0.25) is 0 Å². The highest BCUT2D eigenvalue weighted by Crippen LogP contribution is 2.19. The van der Waals surface area contributed by atoms with E-state index in [4.69, 9.17) is 4.52 Å². The van der Waals surface area contributed by atoms with Gasteiger partial charge in [0.1, 0.15) is 0 Å². The Kier molecular flexibility index (Phi) is 4.19. The van der Waals surface area contributed by atoms with E-state index in [-0.39, 0.29) is 5.91 Å². The Labute approximate surface area is 113 Å². The van der Waals surface area contributed by atoms with Gasteiger partial charge in [0, 0.05) is 13.3 Å². The minimum absolute atomic E-state index is 0.103. The molecule has 1 saturated heterocycles. The van der Waals surface area contributed by atoms with Gasteiger partial charge in [-0.1, -0.05) is 5.16 Å². The van der Waals surface area contributed by atoms with Gasteiger partial charge in [-0.2, -0.15) is 4.98 Å². The monoisotopic (exact) mass is 266 g/mol. The molecule has 0 bridgehead atoms.